The first-order valence-corrected chi connectivity index (χ1v) is 9.19. The summed E-state index contributed by atoms with van der Waals surface area (Å²) in [5.74, 6) is 2.87. The number of nitrogens with one attached hydrogen (secondary N) is 1. The Kier molecular flexibility index (Phi) is 4.18. The lowest BCUT2D eigenvalue weighted by Crippen LogP contribution is -2.01. The average Bonchev–Trinajstić information content (AvgIpc) is 3.34. The van der Waals surface area contributed by atoms with Gasteiger partial charge in [0.25, 0.3) is 0 Å². The van der Waals surface area contributed by atoms with Gasteiger partial charge in [-0.2, -0.15) is 9.99 Å². The fraction of sp³-hybridized carbons (Fsp3) is 0.143. The Hall–Kier alpha value is -3.78. The van der Waals surface area contributed by atoms with E-state index in [1.807, 2.05) is 67.1 Å². The Morgan fingerprint density at radius 3 is 2.66 bits per heavy atom. The second kappa shape index (κ2) is 6.99. The van der Waals surface area contributed by atoms with Crippen LogP contribution in [0.15, 0.2) is 54.7 Å². The van der Waals surface area contributed by atoms with Crippen molar-refractivity contribution in [1.29, 1.82) is 0 Å². The number of rotatable bonds is 4. The number of nitrogens with zero attached hydrogens (tertiary/aromatic N) is 5. The SMILES string of the molecule is Cc1nc(C)n(-c2ccc(Nc3nccc(-c4ccc5c(c4)COO5)n3)cc2)n1. The predicted molar refractivity (Wildman–Crippen MR) is 107 cm³/mol. The van der Waals surface area contributed by atoms with Gasteiger partial charge in [0.1, 0.15) is 18.3 Å². The summed E-state index contributed by atoms with van der Waals surface area (Å²) in [5.41, 5.74) is 4.64. The summed E-state index contributed by atoms with van der Waals surface area (Å²) in [7, 11) is 0. The molecule has 0 atom stereocenters. The van der Waals surface area contributed by atoms with E-state index < -0.39 is 0 Å². The molecule has 0 fully saturated rings. The summed E-state index contributed by atoms with van der Waals surface area (Å²) in [5, 5.41) is 7.65. The second-order valence-corrected chi connectivity index (χ2v) is 6.72. The van der Waals surface area contributed by atoms with Gasteiger partial charge in [-0.3, -0.25) is 0 Å². The standard InChI is InChI=1S/C21H18N6O2/c1-13-23-14(2)27(26-13)18-6-4-17(5-7-18)24-21-22-10-9-19(25-21)15-3-8-20-16(11-15)12-28-29-20/h3-11H,12H2,1-2H3,(H,22,24,25). The van der Waals surface area contributed by atoms with Gasteiger partial charge in [-0.05, 0) is 62.4 Å². The Labute approximate surface area is 167 Å². The molecular formula is C21H18N6O2. The van der Waals surface area contributed by atoms with Crippen molar-refractivity contribution in [3.05, 3.63) is 71.9 Å². The molecule has 0 saturated heterocycles. The molecule has 0 saturated carbocycles. The Morgan fingerprint density at radius 1 is 1.00 bits per heavy atom. The molecule has 4 aromatic rings. The lowest BCUT2D eigenvalue weighted by Gasteiger charge is -2.08. The zero-order valence-corrected chi connectivity index (χ0v) is 16.0. The minimum Gasteiger partial charge on any atom is -0.337 e. The molecule has 0 spiro atoms. The van der Waals surface area contributed by atoms with Crippen LogP contribution in [0.25, 0.3) is 16.9 Å². The normalized spacial score (nSPS) is 12.5. The largest absolute Gasteiger partial charge is 0.337 e. The fourth-order valence-corrected chi connectivity index (χ4v) is 3.25. The number of hydrogen-bond donors (Lipinski definition) is 1. The fourth-order valence-electron chi connectivity index (χ4n) is 3.25. The van der Waals surface area contributed by atoms with Crippen molar-refractivity contribution in [2.24, 2.45) is 0 Å². The molecule has 2 aromatic carbocycles. The maximum absolute atomic E-state index is 5.09. The van der Waals surface area contributed by atoms with Crippen LogP contribution >= 0.6 is 0 Å². The lowest BCUT2D eigenvalue weighted by molar-refractivity contribution is -0.194. The summed E-state index contributed by atoms with van der Waals surface area (Å²) < 4.78 is 1.82. The summed E-state index contributed by atoms with van der Waals surface area (Å²) in [6, 6.07) is 15.6. The van der Waals surface area contributed by atoms with Crippen LogP contribution in [0.4, 0.5) is 11.6 Å². The molecule has 29 heavy (non-hydrogen) atoms. The highest BCUT2D eigenvalue weighted by atomic mass is 17.2. The monoisotopic (exact) mass is 386 g/mol. The molecule has 8 nitrogen and oxygen atoms in total. The highest BCUT2D eigenvalue weighted by molar-refractivity contribution is 5.64. The average molecular weight is 386 g/mol. The number of fused-ring (bicyclic) bond motifs is 1. The van der Waals surface area contributed by atoms with Crippen LogP contribution in [0.2, 0.25) is 0 Å². The van der Waals surface area contributed by atoms with Gasteiger partial charge in [0.2, 0.25) is 5.95 Å². The van der Waals surface area contributed by atoms with Gasteiger partial charge in [-0.15, -0.1) is 0 Å². The molecule has 0 amide bonds. The van der Waals surface area contributed by atoms with Crippen LogP contribution in [-0.4, -0.2) is 24.7 Å². The van der Waals surface area contributed by atoms with E-state index in [4.69, 9.17) is 9.78 Å². The van der Waals surface area contributed by atoms with E-state index in [2.05, 4.69) is 25.4 Å². The number of benzene rings is 2. The van der Waals surface area contributed by atoms with Gasteiger partial charge < -0.3 is 10.2 Å². The van der Waals surface area contributed by atoms with Crippen molar-refractivity contribution in [3.8, 4) is 22.7 Å². The van der Waals surface area contributed by atoms with Crippen LogP contribution in [0.3, 0.4) is 0 Å². The number of aromatic nitrogens is 5. The van der Waals surface area contributed by atoms with Crippen molar-refractivity contribution in [3.63, 3.8) is 0 Å². The molecule has 0 radical (unpaired) electrons. The van der Waals surface area contributed by atoms with E-state index in [-0.39, 0.29) is 0 Å². The summed E-state index contributed by atoms with van der Waals surface area (Å²) in [4.78, 5) is 23.4. The second-order valence-electron chi connectivity index (χ2n) is 6.72. The van der Waals surface area contributed by atoms with Gasteiger partial charge in [0.05, 0.1) is 11.4 Å². The van der Waals surface area contributed by atoms with Crippen LogP contribution in [0.5, 0.6) is 5.75 Å². The molecule has 1 aliphatic rings. The van der Waals surface area contributed by atoms with E-state index in [0.717, 1.165) is 45.6 Å². The zero-order valence-electron chi connectivity index (χ0n) is 16.0. The van der Waals surface area contributed by atoms with E-state index in [1.165, 1.54) is 0 Å². The predicted octanol–water partition coefficient (Wildman–Crippen LogP) is 3.91. The zero-order chi connectivity index (χ0) is 19.8. The summed E-state index contributed by atoms with van der Waals surface area (Å²) in [6.45, 7) is 4.25. The van der Waals surface area contributed by atoms with E-state index in [0.29, 0.717) is 12.6 Å². The van der Waals surface area contributed by atoms with Crippen LogP contribution in [-0.2, 0) is 11.5 Å². The van der Waals surface area contributed by atoms with Gasteiger partial charge in [-0.25, -0.2) is 19.6 Å². The minimum absolute atomic E-state index is 0.441. The topological polar surface area (TPSA) is 87.0 Å². The van der Waals surface area contributed by atoms with Gasteiger partial charge in [0, 0.05) is 23.0 Å². The Bertz CT molecular complexity index is 1190. The molecule has 2 aromatic heterocycles. The first-order chi connectivity index (χ1) is 14.2. The quantitative estimate of drug-likeness (QED) is 0.532. The Balaban J connectivity index is 1.37. The third-order valence-electron chi connectivity index (χ3n) is 4.62. The molecule has 1 N–H and O–H groups in total. The Morgan fingerprint density at radius 2 is 1.86 bits per heavy atom. The lowest BCUT2D eigenvalue weighted by atomic mass is 10.1. The molecule has 0 bridgehead atoms. The van der Waals surface area contributed by atoms with Crippen molar-refractivity contribution in [2.75, 3.05) is 5.32 Å². The minimum atomic E-state index is 0.441. The third kappa shape index (κ3) is 3.41. The molecule has 144 valence electrons. The van der Waals surface area contributed by atoms with Crippen molar-refractivity contribution >= 4 is 11.6 Å². The number of anilines is 2. The van der Waals surface area contributed by atoms with Crippen molar-refractivity contribution in [2.45, 2.75) is 20.5 Å². The maximum atomic E-state index is 5.09. The van der Waals surface area contributed by atoms with Gasteiger partial charge in [-0.1, -0.05) is 0 Å². The van der Waals surface area contributed by atoms with Crippen molar-refractivity contribution < 1.29 is 9.78 Å². The number of hydrogen-bond acceptors (Lipinski definition) is 7. The van der Waals surface area contributed by atoms with E-state index >= 15 is 0 Å². The smallest absolute Gasteiger partial charge is 0.227 e. The van der Waals surface area contributed by atoms with E-state index in [1.54, 1.807) is 6.20 Å². The molecule has 8 heteroatoms. The highest BCUT2D eigenvalue weighted by Crippen LogP contribution is 2.30. The highest BCUT2D eigenvalue weighted by Gasteiger charge is 2.15. The molecule has 0 aliphatic carbocycles. The first-order valence-electron chi connectivity index (χ1n) is 9.19. The third-order valence-corrected chi connectivity index (χ3v) is 4.62. The van der Waals surface area contributed by atoms with Crippen LogP contribution in [0, 0.1) is 13.8 Å². The number of aryl methyl sites for hydroxylation is 2. The molecular weight excluding hydrogens is 368 g/mol. The van der Waals surface area contributed by atoms with E-state index in [9.17, 15) is 0 Å². The maximum Gasteiger partial charge on any atom is 0.227 e. The molecule has 5 rings (SSSR count). The molecule has 3 heterocycles. The first kappa shape index (κ1) is 17.3. The van der Waals surface area contributed by atoms with Gasteiger partial charge in [0.15, 0.2) is 5.75 Å². The van der Waals surface area contributed by atoms with Crippen LogP contribution < -0.4 is 10.2 Å². The van der Waals surface area contributed by atoms with Crippen molar-refractivity contribution in [1.82, 2.24) is 24.7 Å². The van der Waals surface area contributed by atoms with Gasteiger partial charge >= 0.3 is 0 Å². The summed E-state index contributed by atoms with van der Waals surface area (Å²) in [6.07, 6.45) is 1.74. The molecule has 1 aliphatic heterocycles. The molecule has 0 unspecified atom stereocenters. The summed E-state index contributed by atoms with van der Waals surface area (Å²) >= 11 is 0. The van der Waals surface area contributed by atoms with Crippen LogP contribution in [0.1, 0.15) is 17.2 Å².